The minimum Gasteiger partial charge on any atom is -0.465 e. The molecule has 1 aliphatic carbocycles. The maximum atomic E-state index is 12.3. The van der Waals surface area contributed by atoms with Gasteiger partial charge in [-0.2, -0.15) is 5.10 Å². The number of ether oxygens (including phenoxy) is 1. The number of carbonyl (C=O) groups excluding carboxylic acids is 1. The Morgan fingerprint density at radius 3 is 2.79 bits per heavy atom. The molecular weight excluding hydrogens is 404 g/mol. The molecule has 2 aromatic heterocycles. The first-order valence-corrected chi connectivity index (χ1v) is 10.7. The first kappa shape index (κ1) is 19.6. The summed E-state index contributed by atoms with van der Waals surface area (Å²) in [5.74, 6) is 0.334. The maximum Gasteiger partial charge on any atom is 0.341 e. The van der Waals surface area contributed by atoms with Crippen molar-refractivity contribution in [3.63, 3.8) is 0 Å². The Balaban J connectivity index is 1.45. The van der Waals surface area contributed by atoms with E-state index in [2.05, 4.69) is 27.9 Å². The number of methoxy groups -OCH3 is 1. The maximum absolute atomic E-state index is 12.3. The summed E-state index contributed by atoms with van der Waals surface area (Å²) in [4.78, 5) is 13.6. The number of aryl methyl sites for hydroxylation is 1. The zero-order chi connectivity index (χ0) is 20.2. The number of thiophene rings is 1. The lowest BCUT2D eigenvalue weighted by Gasteiger charge is -2.12. The van der Waals surface area contributed by atoms with Gasteiger partial charge in [-0.3, -0.25) is 4.68 Å². The minimum absolute atomic E-state index is 0.318. The molecule has 0 amide bonds. The van der Waals surface area contributed by atoms with Gasteiger partial charge in [-0.15, -0.1) is 11.3 Å². The molecule has 4 rings (SSSR count). The van der Waals surface area contributed by atoms with Crippen LogP contribution in [-0.4, -0.2) is 28.0 Å². The zero-order valence-corrected chi connectivity index (χ0v) is 17.7. The summed E-state index contributed by atoms with van der Waals surface area (Å²) in [6.07, 6.45) is 6.04. The van der Waals surface area contributed by atoms with Crippen LogP contribution in [0.25, 0.3) is 0 Å². The van der Waals surface area contributed by atoms with Crippen LogP contribution < -0.4 is 10.6 Å². The summed E-state index contributed by atoms with van der Waals surface area (Å²) in [6, 6.07) is 12.0. The Labute approximate surface area is 178 Å². The Morgan fingerprint density at radius 1 is 1.21 bits per heavy atom. The SMILES string of the molecule is COC(=O)c1c(NC(=S)Nc2ccn(Cc3ccccc3)n2)sc2c1CCCC2. The second-order valence-corrected chi connectivity index (χ2v) is 8.38. The van der Waals surface area contributed by atoms with Crippen LogP contribution in [-0.2, 0) is 24.1 Å². The second-order valence-electron chi connectivity index (χ2n) is 6.87. The molecule has 1 aliphatic rings. The third-order valence-corrected chi connectivity index (χ3v) is 6.27. The molecule has 0 fully saturated rings. The number of aromatic nitrogens is 2. The van der Waals surface area contributed by atoms with E-state index in [1.165, 1.54) is 17.6 Å². The van der Waals surface area contributed by atoms with Gasteiger partial charge in [-0.25, -0.2) is 4.79 Å². The molecular formula is C21H22N4O2S2. The molecule has 29 heavy (non-hydrogen) atoms. The van der Waals surface area contributed by atoms with Crippen LogP contribution >= 0.6 is 23.6 Å². The van der Waals surface area contributed by atoms with Crippen molar-refractivity contribution in [1.82, 2.24) is 9.78 Å². The number of rotatable bonds is 5. The lowest BCUT2D eigenvalue weighted by molar-refractivity contribution is 0.0601. The number of benzene rings is 1. The number of hydrogen-bond acceptors (Lipinski definition) is 5. The average Bonchev–Trinajstić information content (AvgIpc) is 3.31. The number of anilines is 2. The fourth-order valence-electron chi connectivity index (χ4n) is 3.51. The van der Waals surface area contributed by atoms with Crippen molar-refractivity contribution in [2.75, 3.05) is 17.7 Å². The van der Waals surface area contributed by atoms with E-state index >= 15 is 0 Å². The van der Waals surface area contributed by atoms with E-state index in [1.807, 2.05) is 35.1 Å². The molecule has 0 saturated heterocycles. The minimum atomic E-state index is -0.318. The van der Waals surface area contributed by atoms with Crippen LogP contribution in [0.4, 0.5) is 10.8 Å². The van der Waals surface area contributed by atoms with Crippen molar-refractivity contribution in [1.29, 1.82) is 0 Å². The Morgan fingerprint density at radius 2 is 2.00 bits per heavy atom. The van der Waals surface area contributed by atoms with Crippen LogP contribution in [0.5, 0.6) is 0 Å². The van der Waals surface area contributed by atoms with Gasteiger partial charge in [0.25, 0.3) is 0 Å². The predicted octanol–water partition coefficient (Wildman–Crippen LogP) is 4.47. The van der Waals surface area contributed by atoms with Gasteiger partial charge in [-0.1, -0.05) is 30.3 Å². The molecule has 0 bridgehead atoms. The summed E-state index contributed by atoms with van der Waals surface area (Å²) in [5, 5.41) is 11.9. The van der Waals surface area contributed by atoms with E-state index in [4.69, 9.17) is 17.0 Å². The Kier molecular flexibility index (Phi) is 5.92. The number of thiocarbonyl (C=S) groups is 1. The predicted molar refractivity (Wildman–Crippen MR) is 120 cm³/mol. The molecule has 0 atom stereocenters. The molecule has 150 valence electrons. The van der Waals surface area contributed by atoms with Crippen molar-refractivity contribution in [2.45, 2.75) is 32.2 Å². The van der Waals surface area contributed by atoms with Gasteiger partial charge >= 0.3 is 5.97 Å². The van der Waals surface area contributed by atoms with E-state index in [1.54, 1.807) is 11.3 Å². The van der Waals surface area contributed by atoms with Gasteiger partial charge in [0.15, 0.2) is 10.9 Å². The first-order valence-electron chi connectivity index (χ1n) is 9.52. The van der Waals surface area contributed by atoms with Gasteiger partial charge in [0.1, 0.15) is 5.00 Å². The molecule has 2 N–H and O–H groups in total. The van der Waals surface area contributed by atoms with Crippen LogP contribution in [0, 0.1) is 0 Å². The van der Waals surface area contributed by atoms with Crippen LogP contribution in [0.2, 0.25) is 0 Å². The molecule has 8 heteroatoms. The van der Waals surface area contributed by atoms with Crippen molar-refractivity contribution in [3.05, 3.63) is 64.2 Å². The lowest BCUT2D eigenvalue weighted by atomic mass is 9.95. The highest BCUT2D eigenvalue weighted by atomic mass is 32.1. The molecule has 0 unspecified atom stereocenters. The molecule has 0 spiro atoms. The first-order chi connectivity index (χ1) is 14.1. The van der Waals surface area contributed by atoms with Crippen LogP contribution in [0.15, 0.2) is 42.6 Å². The monoisotopic (exact) mass is 426 g/mol. The lowest BCUT2D eigenvalue weighted by Crippen LogP contribution is -2.20. The Bertz CT molecular complexity index is 1030. The van der Waals surface area contributed by atoms with Gasteiger partial charge < -0.3 is 15.4 Å². The number of hydrogen-bond donors (Lipinski definition) is 2. The smallest absolute Gasteiger partial charge is 0.341 e. The Hall–Kier alpha value is -2.71. The number of fused-ring (bicyclic) bond motifs is 1. The molecule has 1 aromatic carbocycles. The summed E-state index contributed by atoms with van der Waals surface area (Å²) in [7, 11) is 1.41. The van der Waals surface area contributed by atoms with E-state index in [9.17, 15) is 4.79 Å². The van der Waals surface area contributed by atoms with E-state index in [-0.39, 0.29) is 5.97 Å². The number of nitrogens with one attached hydrogen (secondary N) is 2. The van der Waals surface area contributed by atoms with Gasteiger partial charge in [-0.05, 0) is 49.0 Å². The third-order valence-electron chi connectivity index (χ3n) is 4.86. The zero-order valence-electron chi connectivity index (χ0n) is 16.1. The number of nitrogens with zero attached hydrogens (tertiary/aromatic N) is 2. The molecule has 2 heterocycles. The summed E-state index contributed by atoms with van der Waals surface area (Å²) in [5.41, 5.74) is 2.89. The average molecular weight is 427 g/mol. The molecule has 6 nitrogen and oxygen atoms in total. The number of esters is 1. The standard InChI is InChI=1S/C21H22N4O2S2/c1-27-20(26)18-15-9-5-6-10-16(15)29-19(18)23-21(28)22-17-11-12-25(24-17)13-14-7-3-2-4-8-14/h2-4,7-8,11-12H,5-6,9-10,13H2,1H3,(H2,22,23,24,28). The fourth-order valence-corrected chi connectivity index (χ4v) is 5.06. The van der Waals surface area contributed by atoms with Crippen molar-refractivity contribution >= 4 is 45.5 Å². The van der Waals surface area contributed by atoms with Crippen molar-refractivity contribution in [2.24, 2.45) is 0 Å². The summed E-state index contributed by atoms with van der Waals surface area (Å²) < 4.78 is 6.86. The van der Waals surface area contributed by atoms with Gasteiger partial charge in [0.05, 0.1) is 19.2 Å². The van der Waals surface area contributed by atoms with Crippen molar-refractivity contribution < 1.29 is 9.53 Å². The molecule has 0 aliphatic heterocycles. The van der Waals surface area contributed by atoms with Crippen LogP contribution in [0.1, 0.15) is 39.2 Å². The van der Waals surface area contributed by atoms with Crippen LogP contribution in [0.3, 0.4) is 0 Å². The third kappa shape index (κ3) is 4.49. The normalized spacial score (nSPS) is 12.9. The van der Waals surface area contributed by atoms with E-state index in [0.717, 1.165) is 36.2 Å². The van der Waals surface area contributed by atoms with E-state index in [0.29, 0.717) is 23.0 Å². The fraction of sp³-hybridized carbons (Fsp3) is 0.286. The molecule has 0 saturated carbocycles. The quantitative estimate of drug-likeness (QED) is 0.464. The number of carbonyl (C=O) groups is 1. The van der Waals surface area contributed by atoms with Crippen molar-refractivity contribution in [3.8, 4) is 0 Å². The molecule has 3 aromatic rings. The molecule has 0 radical (unpaired) electrons. The van der Waals surface area contributed by atoms with Gasteiger partial charge in [0, 0.05) is 17.1 Å². The highest BCUT2D eigenvalue weighted by Gasteiger charge is 2.26. The van der Waals surface area contributed by atoms with E-state index < -0.39 is 0 Å². The summed E-state index contributed by atoms with van der Waals surface area (Å²) >= 11 is 7.05. The topological polar surface area (TPSA) is 68.2 Å². The summed E-state index contributed by atoms with van der Waals surface area (Å²) in [6.45, 7) is 0.687. The van der Waals surface area contributed by atoms with Gasteiger partial charge in [0.2, 0.25) is 0 Å². The second kappa shape index (κ2) is 8.75. The largest absolute Gasteiger partial charge is 0.465 e. The highest BCUT2D eigenvalue weighted by Crippen LogP contribution is 2.38. The highest BCUT2D eigenvalue weighted by molar-refractivity contribution is 7.80.